The number of piperazine rings is 2. The molecule has 0 atom stereocenters. The summed E-state index contributed by atoms with van der Waals surface area (Å²) in [6.45, 7) is 13.2. The van der Waals surface area contributed by atoms with Crippen LogP contribution in [0.3, 0.4) is 0 Å². The summed E-state index contributed by atoms with van der Waals surface area (Å²) in [7, 11) is -3.67. The Hall–Kier alpha value is -0.290. The zero-order chi connectivity index (χ0) is 16.7. The van der Waals surface area contributed by atoms with Gasteiger partial charge in [0, 0.05) is 52.4 Å². The standard InChI is InChI=1S/C6H14N2O.C4H10N2.C3H8O3S/c1-2-9-8-5-3-7-4-6-8;1-2-6-4-3-5-1;1-2-3-7(4,5)6/h7H,2-6H2,1H3;5-6H,1-4H2;2-3H2,1H3,(H,4,5,6). The maximum Gasteiger partial charge on any atom is 0.264 e. The average Bonchev–Trinajstić information content (AvgIpc) is 2.50. The smallest absolute Gasteiger partial charge is 0.264 e. The molecule has 0 unspecified atom stereocenters. The fourth-order valence-electron chi connectivity index (χ4n) is 1.82. The predicted molar refractivity (Wildman–Crippen MR) is 88.5 cm³/mol. The lowest BCUT2D eigenvalue weighted by atomic mass is 10.4. The molecule has 0 aliphatic carbocycles. The molecule has 22 heavy (non-hydrogen) atoms. The second-order valence-corrected chi connectivity index (χ2v) is 6.45. The van der Waals surface area contributed by atoms with Crippen molar-refractivity contribution in [3.8, 4) is 0 Å². The molecular weight excluding hydrogens is 308 g/mol. The molecule has 2 heterocycles. The first-order valence-corrected chi connectivity index (χ1v) is 9.55. The van der Waals surface area contributed by atoms with Crippen molar-refractivity contribution in [3.63, 3.8) is 0 Å². The molecule has 0 aromatic rings. The molecule has 0 aromatic heterocycles. The summed E-state index contributed by atoms with van der Waals surface area (Å²) in [5.74, 6) is -0.132. The van der Waals surface area contributed by atoms with Crippen LogP contribution in [-0.2, 0) is 15.0 Å². The van der Waals surface area contributed by atoms with Gasteiger partial charge in [-0.1, -0.05) is 6.92 Å². The lowest BCUT2D eigenvalue weighted by Crippen LogP contribution is -2.43. The number of rotatable bonds is 4. The van der Waals surface area contributed by atoms with Crippen LogP contribution in [0, 0.1) is 0 Å². The Morgan fingerprint density at radius 3 is 1.68 bits per heavy atom. The van der Waals surface area contributed by atoms with E-state index < -0.39 is 10.1 Å². The number of hydrogen-bond donors (Lipinski definition) is 4. The molecule has 0 radical (unpaired) electrons. The first-order chi connectivity index (χ1) is 10.5. The van der Waals surface area contributed by atoms with Crippen molar-refractivity contribution in [1.29, 1.82) is 0 Å². The number of nitrogens with zero attached hydrogens (tertiary/aromatic N) is 1. The Labute approximate surface area is 134 Å². The minimum Gasteiger partial charge on any atom is -0.314 e. The molecule has 2 aliphatic heterocycles. The molecule has 0 amide bonds. The molecule has 0 saturated carbocycles. The maximum atomic E-state index is 9.79. The van der Waals surface area contributed by atoms with Crippen LogP contribution in [-0.4, -0.2) is 82.8 Å². The summed E-state index contributed by atoms with van der Waals surface area (Å²) in [5.41, 5.74) is 0. The van der Waals surface area contributed by atoms with Gasteiger partial charge >= 0.3 is 0 Å². The highest BCUT2D eigenvalue weighted by Crippen LogP contribution is 1.91. The van der Waals surface area contributed by atoms with E-state index in [0.29, 0.717) is 6.42 Å². The van der Waals surface area contributed by atoms with Crippen LogP contribution >= 0.6 is 0 Å². The minimum atomic E-state index is -3.67. The van der Waals surface area contributed by atoms with E-state index in [2.05, 4.69) is 16.0 Å². The van der Waals surface area contributed by atoms with Crippen LogP contribution in [0.4, 0.5) is 0 Å². The van der Waals surface area contributed by atoms with E-state index >= 15 is 0 Å². The fourth-order valence-corrected chi connectivity index (χ4v) is 2.33. The van der Waals surface area contributed by atoms with Crippen LogP contribution in [0.15, 0.2) is 0 Å². The first kappa shape index (κ1) is 21.7. The zero-order valence-corrected chi connectivity index (χ0v) is 14.6. The third-order valence-corrected chi connectivity index (χ3v) is 3.73. The van der Waals surface area contributed by atoms with Gasteiger partial charge in [-0.2, -0.15) is 13.5 Å². The average molecular weight is 340 g/mol. The molecule has 2 fully saturated rings. The highest BCUT2D eigenvalue weighted by Gasteiger charge is 2.07. The normalized spacial score (nSPS) is 19.4. The first-order valence-electron chi connectivity index (χ1n) is 7.94. The van der Waals surface area contributed by atoms with Gasteiger partial charge in [-0.25, -0.2) is 0 Å². The van der Waals surface area contributed by atoms with Gasteiger partial charge in [0.15, 0.2) is 0 Å². The highest BCUT2D eigenvalue weighted by atomic mass is 32.2. The molecule has 9 heteroatoms. The van der Waals surface area contributed by atoms with Crippen LogP contribution in [0.25, 0.3) is 0 Å². The lowest BCUT2D eigenvalue weighted by molar-refractivity contribution is -0.159. The molecule has 4 N–H and O–H groups in total. The second kappa shape index (κ2) is 14.3. The third-order valence-electron chi connectivity index (χ3n) is 2.81. The van der Waals surface area contributed by atoms with Crippen molar-refractivity contribution >= 4 is 10.1 Å². The minimum absolute atomic E-state index is 0.132. The van der Waals surface area contributed by atoms with Gasteiger partial charge in [-0.15, -0.1) is 0 Å². The summed E-state index contributed by atoms with van der Waals surface area (Å²) < 4.78 is 27.6. The SMILES string of the molecule is C1CNCCN1.CCCS(=O)(=O)O.CCON1CCNCC1. The van der Waals surface area contributed by atoms with E-state index in [9.17, 15) is 8.42 Å². The van der Waals surface area contributed by atoms with Crippen molar-refractivity contribution in [1.82, 2.24) is 21.0 Å². The topological polar surface area (TPSA) is 103 Å². The van der Waals surface area contributed by atoms with Gasteiger partial charge in [-0.3, -0.25) is 9.39 Å². The van der Waals surface area contributed by atoms with Crippen molar-refractivity contribution < 1.29 is 17.8 Å². The van der Waals surface area contributed by atoms with E-state index in [1.165, 1.54) is 0 Å². The summed E-state index contributed by atoms with van der Waals surface area (Å²) in [4.78, 5) is 5.28. The van der Waals surface area contributed by atoms with Crippen molar-refractivity contribution in [2.75, 3.05) is 64.7 Å². The predicted octanol–water partition coefficient (Wildman–Crippen LogP) is -0.693. The van der Waals surface area contributed by atoms with Gasteiger partial charge in [0.2, 0.25) is 0 Å². The van der Waals surface area contributed by atoms with E-state index in [-0.39, 0.29) is 5.75 Å². The highest BCUT2D eigenvalue weighted by molar-refractivity contribution is 7.85. The van der Waals surface area contributed by atoms with E-state index in [1.54, 1.807) is 6.92 Å². The lowest BCUT2D eigenvalue weighted by Gasteiger charge is -2.25. The monoisotopic (exact) mass is 340 g/mol. The quantitative estimate of drug-likeness (QED) is 0.499. The number of hydrogen-bond acceptors (Lipinski definition) is 7. The molecule has 2 rings (SSSR count). The second-order valence-electron chi connectivity index (χ2n) is 4.88. The Morgan fingerprint density at radius 1 is 0.955 bits per heavy atom. The summed E-state index contributed by atoms with van der Waals surface area (Å²) in [5, 5.41) is 11.7. The van der Waals surface area contributed by atoms with Gasteiger partial charge < -0.3 is 16.0 Å². The van der Waals surface area contributed by atoms with Crippen molar-refractivity contribution in [2.24, 2.45) is 0 Å². The van der Waals surface area contributed by atoms with Gasteiger partial charge in [0.25, 0.3) is 10.1 Å². The van der Waals surface area contributed by atoms with Crippen molar-refractivity contribution in [3.05, 3.63) is 0 Å². The molecular formula is C13H32N4O4S. The Bertz CT molecular complexity index is 317. The molecule has 2 saturated heterocycles. The Morgan fingerprint density at radius 2 is 1.41 bits per heavy atom. The number of nitrogens with one attached hydrogen (secondary N) is 3. The maximum absolute atomic E-state index is 9.79. The van der Waals surface area contributed by atoms with E-state index in [4.69, 9.17) is 9.39 Å². The van der Waals surface area contributed by atoms with E-state index in [0.717, 1.165) is 59.0 Å². The van der Waals surface area contributed by atoms with Crippen LogP contribution in [0.5, 0.6) is 0 Å². The van der Waals surface area contributed by atoms with Crippen LogP contribution < -0.4 is 16.0 Å². The van der Waals surface area contributed by atoms with Gasteiger partial charge in [0.1, 0.15) is 0 Å². The van der Waals surface area contributed by atoms with Gasteiger partial charge in [0.05, 0.1) is 12.4 Å². The van der Waals surface area contributed by atoms with Gasteiger partial charge in [-0.05, 0) is 13.3 Å². The third kappa shape index (κ3) is 16.1. The van der Waals surface area contributed by atoms with E-state index in [1.807, 2.05) is 12.0 Å². The molecule has 8 nitrogen and oxygen atoms in total. The molecule has 0 spiro atoms. The Kier molecular flexibility index (Phi) is 14.1. The molecule has 0 bridgehead atoms. The molecule has 2 aliphatic rings. The molecule has 0 aromatic carbocycles. The summed E-state index contributed by atoms with van der Waals surface area (Å²) in [6, 6.07) is 0. The summed E-state index contributed by atoms with van der Waals surface area (Å²) in [6.07, 6.45) is 0.471. The zero-order valence-electron chi connectivity index (χ0n) is 13.8. The molecule has 134 valence electrons. The Balaban J connectivity index is 0.000000308. The largest absolute Gasteiger partial charge is 0.314 e. The fraction of sp³-hybridized carbons (Fsp3) is 1.00. The number of hydroxylamine groups is 2. The van der Waals surface area contributed by atoms with Crippen LogP contribution in [0.1, 0.15) is 20.3 Å². The van der Waals surface area contributed by atoms with Crippen LogP contribution in [0.2, 0.25) is 0 Å². The summed E-state index contributed by atoms with van der Waals surface area (Å²) >= 11 is 0. The van der Waals surface area contributed by atoms with Crippen molar-refractivity contribution in [2.45, 2.75) is 20.3 Å².